The molecule has 1 N–H and O–H groups in total. The molecule has 0 amide bonds. The van der Waals surface area contributed by atoms with Crippen LogP contribution in [0.1, 0.15) is 5.56 Å². The molecule has 0 aliphatic carbocycles. The summed E-state index contributed by atoms with van der Waals surface area (Å²) in [5.41, 5.74) is 0.893. The van der Waals surface area contributed by atoms with Crippen LogP contribution in [0.5, 0.6) is 5.75 Å². The molecule has 0 radical (unpaired) electrons. The maximum atomic E-state index is 8.91. The van der Waals surface area contributed by atoms with Crippen LogP contribution in [-0.2, 0) is 4.84 Å². The summed E-state index contributed by atoms with van der Waals surface area (Å²) in [4.78, 5) is 4.48. The predicted octanol–water partition coefficient (Wildman–Crippen LogP) is 1.37. The standard InChI is InChI=1S/C8H9NO2/c1-11-9-6-7-2-4-8(10)5-3-7/h2-6,10H,1H3/b9-6+. The van der Waals surface area contributed by atoms with E-state index in [0.29, 0.717) is 0 Å². The van der Waals surface area contributed by atoms with Crippen LogP contribution in [0.3, 0.4) is 0 Å². The van der Waals surface area contributed by atoms with Crippen molar-refractivity contribution in [2.45, 2.75) is 0 Å². The van der Waals surface area contributed by atoms with Gasteiger partial charge < -0.3 is 9.94 Å². The molecule has 1 aromatic rings. The van der Waals surface area contributed by atoms with Gasteiger partial charge in [-0.05, 0) is 29.8 Å². The molecule has 0 fully saturated rings. The number of phenols is 1. The second-order valence-corrected chi connectivity index (χ2v) is 2.01. The van der Waals surface area contributed by atoms with Crippen LogP contribution in [0.4, 0.5) is 0 Å². The molecule has 11 heavy (non-hydrogen) atoms. The molecule has 3 heteroatoms. The maximum Gasteiger partial charge on any atom is 0.115 e. The second kappa shape index (κ2) is 3.61. The topological polar surface area (TPSA) is 41.8 Å². The molecule has 0 aliphatic rings. The van der Waals surface area contributed by atoms with Gasteiger partial charge in [-0.3, -0.25) is 0 Å². The molecule has 0 atom stereocenters. The summed E-state index contributed by atoms with van der Waals surface area (Å²) in [5.74, 6) is 0.250. The Morgan fingerprint density at radius 1 is 1.36 bits per heavy atom. The number of aromatic hydroxyl groups is 1. The highest BCUT2D eigenvalue weighted by Crippen LogP contribution is 2.07. The van der Waals surface area contributed by atoms with Crippen molar-refractivity contribution < 1.29 is 9.94 Å². The van der Waals surface area contributed by atoms with E-state index >= 15 is 0 Å². The Kier molecular flexibility index (Phi) is 2.49. The van der Waals surface area contributed by atoms with Crippen LogP contribution >= 0.6 is 0 Å². The van der Waals surface area contributed by atoms with Crippen molar-refractivity contribution in [1.82, 2.24) is 0 Å². The Morgan fingerprint density at radius 2 is 2.00 bits per heavy atom. The first kappa shape index (κ1) is 7.60. The van der Waals surface area contributed by atoms with E-state index in [2.05, 4.69) is 9.99 Å². The Balaban J connectivity index is 2.73. The largest absolute Gasteiger partial charge is 0.508 e. The highest BCUT2D eigenvalue weighted by atomic mass is 16.6. The molecule has 1 aromatic carbocycles. The van der Waals surface area contributed by atoms with Crippen molar-refractivity contribution in [2.75, 3.05) is 7.11 Å². The molecular formula is C8H9NO2. The minimum atomic E-state index is 0.250. The zero-order valence-corrected chi connectivity index (χ0v) is 6.19. The minimum absolute atomic E-state index is 0.250. The average Bonchev–Trinajstić information content (AvgIpc) is 2.04. The van der Waals surface area contributed by atoms with Crippen LogP contribution in [0.2, 0.25) is 0 Å². The number of hydrogen-bond donors (Lipinski definition) is 1. The van der Waals surface area contributed by atoms with Gasteiger partial charge in [-0.25, -0.2) is 0 Å². The molecular weight excluding hydrogens is 142 g/mol. The minimum Gasteiger partial charge on any atom is -0.508 e. The molecule has 0 aliphatic heterocycles. The molecule has 0 unspecified atom stereocenters. The van der Waals surface area contributed by atoms with E-state index in [1.807, 2.05) is 0 Å². The molecule has 0 saturated carbocycles. The summed E-state index contributed by atoms with van der Waals surface area (Å²) in [6.07, 6.45) is 1.57. The summed E-state index contributed by atoms with van der Waals surface area (Å²) in [7, 11) is 1.48. The van der Waals surface area contributed by atoms with Crippen molar-refractivity contribution in [1.29, 1.82) is 0 Å². The van der Waals surface area contributed by atoms with Crippen molar-refractivity contribution in [3.63, 3.8) is 0 Å². The number of hydrogen-bond acceptors (Lipinski definition) is 3. The van der Waals surface area contributed by atoms with Crippen LogP contribution in [0.25, 0.3) is 0 Å². The normalized spacial score (nSPS) is 10.3. The van der Waals surface area contributed by atoms with Gasteiger partial charge >= 0.3 is 0 Å². The van der Waals surface area contributed by atoms with Gasteiger partial charge in [0.1, 0.15) is 12.9 Å². The summed E-state index contributed by atoms with van der Waals surface area (Å²) in [6, 6.07) is 6.68. The number of oxime groups is 1. The van der Waals surface area contributed by atoms with Gasteiger partial charge in [0.25, 0.3) is 0 Å². The Bertz CT molecular complexity index is 241. The van der Waals surface area contributed by atoms with Crippen molar-refractivity contribution in [2.24, 2.45) is 5.16 Å². The van der Waals surface area contributed by atoms with Crippen LogP contribution in [-0.4, -0.2) is 18.4 Å². The molecule has 58 valence electrons. The Labute approximate surface area is 64.9 Å². The quantitative estimate of drug-likeness (QED) is 0.512. The van der Waals surface area contributed by atoms with Gasteiger partial charge in [-0.15, -0.1) is 0 Å². The van der Waals surface area contributed by atoms with E-state index in [4.69, 9.17) is 5.11 Å². The highest BCUT2D eigenvalue weighted by molar-refractivity contribution is 5.79. The number of nitrogens with zero attached hydrogens (tertiary/aromatic N) is 1. The second-order valence-electron chi connectivity index (χ2n) is 2.01. The van der Waals surface area contributed by atoms with Gasteiger partial charge in [-0.2, -0.15) is 0 Å². The van der Waals surface area contributed by atoms with Gasteiger partial charge in [0.2, 0.25) is 0 Å². The third-order valence-corrected chi connectivity index (χ3v) is 1.20. The number of benzene rings is 1. The van der Waals surface area contributed by atoms with Crippen molar-refractivity contribution >= 4 is 6.21 Å². The molecule has 0 bridgehead atoms. The molecule has 0 heterocycles. The van der Waals surface area contributed by atoms with E-state index in [1.54, 1.807) is 30.5 Å². The summed E-state index contributed by atoms with van der Waals surface area (Å²) in [5, 5.41) is 12.5. The SMILES string of the molecule is CO/N=C/c1ccc(O)cc1. The molecule has 0 saturated heterocycles. The molecule has 0 aromatic heterocycles. The summed E-state index contributed by atoms with van der Waals surface area (Å²) >= 11 is 0. The van der Waals surface area contributed by atoms with Crippen LogP contribution in [0.15, 0.2) is 29.4 Å². The van der Waals surface area contributed by atoms with Crippen LogP contribution in [0, 0.1) is 0 Å². The van der Waals surface area contributed by atoms with Crippen molar-refractivity contribution in [3.8, 4) is 5.75 Å². The predicted molar refractivity (Wildman–Crippen MR) is 42.7 cm³/mol. The number of rotatable bonds is 2. The number of phenolic OH excluding ortho intramolecular Hbond substituents is 1. The maximum absolute atomic E-state index is 8.91. The lowest BCUT2D eigenvalue weighted by atomic mass is 10.2. The fourth-order valence-corrected chi connectivity index (χ4v) is 0.674. The Morgan fingerprint density at radius 3 is 2.55 bits per heavy atom. The molecule has 0 spiro atoms. The van der Waals surface area contributed by atoms with E-state index < -0.39 is 0 Å². The summed E-state index contributed by atoms with van der Waals surface area (Å²) in [6.45, 7) is 0. The third-order valence-electron chi connectivity index (χ3n) is 1.20. The van der Waals surface area contributed by atoms with E-state index in [1.165, 1.54) is 7.11 Å². The summed E-state index contributed by atoms with van der Waals surface area (Å²) < 4.78 is 0. The zero-order valence-electron chi connectivity index (χ0n) is 6.19. The first-order chi connectivity index (χ1) is 5.33. The van der Waals surface area contributed by atoms with Gasteiger partial charge in [0.15, 0.2) is 0 Å². The highest BCUT2D eigenvalue weighted by Gasteiger charge is 1.87. The lowest BCUT2D eigenvalue weighted by Crippen LogP contribution is -1.79. The first-order valence-electron chi connectivity index (χ1n) is 3.18. The molecule has 3 nitrogen and oxygen atoms in total. The fraction of sp³-hybridized carbons (Fsp3) is 0.125. The first-order valence-corrected chi connectivity index (χ1v) is 3.18. The van der Waals surface area contributed by atoms with E-state index in [-0.39, 0.29) is 5.75 Å². The van der Waals surface area contributed by atoms with Gasteiger partial charge in [0, 0.05) is 0 Å². The van der Waals surface area contributed by atoms with E-state index in [9.17, 15) is 0 Å². The lowest BCUT2D eigenvalue weighted by Gasteiger charge is -1.91. The smallest absolute Gasteiger partial charge is 0.115 e. The monoisotopic (exact) mass is 151 g/mol. The fourth-order valence-electron chi connectivity index (χ4n) is 0.674. The zero-order chi connectivity index (χ0) is 8.10. The van der Waals surface area contributed by atoms with Crippen LogP contribution < -0.4 is 0 Å². The average molecular weight is 151 g/mol. The molecule has 1 rings (SSSR count). The lowest BCUT2D eigenvalue weighted by molar-refractivity contribution is 0.215. The third kappa shape index (κ3) is 2.29. The van der Waals surface area contributed by atoms with E-state index in [0.717, 1.165) is 5.56 Å². The van der Waals surface area contributed by atoms with Crippen molar-refractivity contribution in [3.05, 3.63) is 29.8 Å². The van der Waals surface area contributed by atoms with Gasteiger partial charge in [-0.1, -0.05) is 5.16 Å². The Hall–Kier alpha value is -1.51. The van der Waals surface area contributed by atoms with Gasteiger partial charge in [0.05, 0.1) is 6.21 Å².